The van der Waals surface area contributed by atoms with E-state index < -0.39 is 0 Å². The summed E-state index contributed by atoms with van der Waals surface area (Å²) in [6.45, 7) is 1.86. The molecule has 19 heavy (non-hydrogen) atoms. The molecule has 2 aromatic rings. The maximum Gasteiger partial charge on any atom is 0.124 e. The number of hydrogen-bond acceptors (Lipinski definition) is 2. The predicted molar refractivity (Wildman–Crippen MR) is 78.7 cm³/mol. The van der Waals surface area contributed by atoms with Crippen molar-refractivity contribution in [2.45, 2.75) is 13.0 Å². The molecule has 1 heterocycles. The first-order chi connectivity index (χ1) is 9.25. The van der Waals surface area contributed by atoms with E-state index >= 15 is 0 Å². The highest BCUT2D eigenvalue weighted by atomic mass is 15.1. The molecule has 3 rings (SSSR count). The van der Waals surface area contributed by atoms with Gasteiger partial charge < -0.3 is 10.6 Å². The van der Waals surface area contributed by atoms with Gasteiger partial charge in [-0.3, -0.25) is 5.41 Å². The second-order valence-electron chi connectivity index (χ2n) is 4.87. The zero-order valence-corrected chi connectivity index (χ0v) is 10.8. The van der Waals surface area contributed by atoms with Gasteiger partial charge in [-0.15, -0.1) is 0 Å². The summed E-state index contributed by atoms with van der Waals surface area (Å²) < 4.78 is 0. The molecular weight excluding hydrogens is 234 g/mol. The summed E-state index contributed by atoms with van der Waals surface area (Å²) in [5.41, 5.74) is 10.4. The van der Waals surface area contributed by atoms with Crippen molar-refractivity contribution < 1.29 is 0 Å². The topological polar surface area (TPSA) is 53.1 Å². The Kier molecular flexibility index (Phi) is 2.95. The first kappa shape index (κ1) is 11.8. The van der Waals surface area contributed by atoms with Gasteiger partial charge in [-0.05, 0) is 29.7 Å². The number of nitrogens with two attached hydrogens (primary N) is 1. The number of rotatable bonds is 2. The van der Waals surface area contributed by atoms with E-state index in [4.69, 9.17) is 11.1 Å². The Balaban J connectivity index is 1.95. The zero-order valence-electron chi connectivity index (χ0n) is 10.8. The Bertz CT molecular complexity index is 619. The summed E-state index contributed by atoms with van der Waals surface area (Å²) >= 11 is 0. The maximum absolute atomic E-state index is 7.69. The average Bonchev–Trinajstić information content (AvgIpc) is 2.46. The van der Waals surface area contributed by atoms with E-state index in [9.17, 15) is 0 Å². The minimum absolute atomic E-state index is 0.134. The number of nitrogens with zero attached hydrogens (tertiary/aromatic N) is 1. The van der Waals surface area contributed by atoms with Crippen molar-refractivity contribution in [3.8, 4) is 0 Å². The van der Waals surface area contributed by atoms with Crippen molar-refractivity contribution in [2.24, 2.45) is 5.73 Å². The van der Waals surface area contributed by atoms with Crippen molar-refractivity contribution in [3.05, 3.63) is 65.2 Å². The fourth-order valence-corrected chi connectivity index (χ4v) is 2.68. The molecule has 0 spiro atoms. The lowest BCUT2D eigenvalue weighted by atomic mass is 9.98. The van der Waals surface area contributed by atoms with E-state index in [1.807, 2.05) is 24.3 Å². The van der Waals surface area contributed by atoms with Gasteiger partial charge in [0.15, 0.2) is 0 Å². The summed E-state index contributed by atoms with van der Waals surface area (Å²) in [6.07, 6.45) is 1.04. The Morgan fingerprint density at radius 3 is 2.47 bits per heavy atom. The summed E-state index contributed by atoms with van der Waals surface area (Å²) in [6, 6.07) is 16.4. The molecule has 0 atom stereocenters. The van der Waals surface area contributed by atoms with Crippen LogP contribution >= 0.6 is 0 Å². The van der Waals surface area contributed by atoms with Crippen LogP contribution in [-0.2, 0) is 13.0 Å². The van der Waals surface area contributed by atoms with Crippen LogP contribution in [0.1, 0.15) is 16.7 Å². The molecule has 0 aromatic heterocycles. The fourth-order valence-electron chi connectivity index (χ4n) is 2.68. The minimum Gasteiger partial charge on any atom is -0.384 e. The van der Waals surface area contributed by atoms with Crippen LogP contribution in [0.2, 0.25) is 0 Å². The van der Waals surface area contributed by atoms with Gasteiger partial charge in [0.25, 0.3) is 0 Å². The number of fused-ring (bicyclic) bond motifs is 1. The molecule has 0 saturated heterocycles. The van der Waals surface area contributed by atoms with E-state index in [0.717, 1.165) is 30.8 Å². The zero-order chi connectivity index (χ0) is 13.2. The Labute approximate surface area is 113 Å². The summed E-state index contributed by atoms with van der Waals surface area (Å²) in [5.74, 6) is 0.134. The van der Waals surface area contributed by atoms with Crippen LogP contribution in [0, 0.1) is 5.41 Å². The van der Waals surface area contributed by atoms with Crippen LogP contribution in [-0.4, -0.2) is 12.4 Å². The van der Waals surface area contributed by atoms with Gasteiger partial charge in [0, 0.05) is 24.3 Å². The Morgan fingerprint density at radius 1 is 1.00 bits per heavy atom. The van der Waals surface area contributed by atoms with Crippen LogP contribution in [0.3, 0.4) is 0 Å². The maximum atomic E-state index is 7.69. The summed E-state index contributed by atoms with van der Waals surface area (Å²) in [5, 5.41) is 7.69. The molecule has 0 radical (unpaired) electrons. The summed E-state index contributed by atoms with van der Waals surface area (Å²) in [7, 11) is 0. The minimum atomic E-state index is 0.134. The number of anilines is 1. The van der Waals surface area contributed by atoms with Gasteiger partial charge in [-0.1, -0.05) is 36.4 Å². The molecule has 3 heteroatoms. The monoisotopic (exact) mass is 251 g/mol. The Hall–Kier alpha value is -2.29. The summed E-state index contributed by atoms with van der Waals surface area (Å²) in [4.78, 5) is 2.30. The van der Waals surface area contributed by atoms with E-state index in [1.165, 1.54) is 11.1 Å². The van der Waals surface area contributed by atoms with Crippen molar-refractivity contribution in [3.63, 3.8) is 0 Å². The number of benzene rings is 2. The molecule has 1 aliphatic heterocycles. The lowest BCUT2D eigenvalue weighted by Crippen LogP contribution is -2.32. The van der Waals surface area contributed by atoms with Gasteiger partial charge in [0.05, 0.1) is 0 Å². The molecule has 0 amide bonds. The van der Waals surface area contributed by atoms with Gasteiger partial charge in [-0.25, -0.2) is 0 Å². The third kappa shape index (κ3) is 2.19. The SMILES string of the molecule is N=C(N)c1ccccc1N1CCc2ccccc2C1. The highest BCUT2D eigenvalue weighted by Crippen LogP contribution is 2.26. The molecule has 0 aliphatic carbocycles. The molecule has 3 N–H and O–H groups in total. The van der Waals surface area contributed by atoms with Gasteiger partial charge in [-0.2, -0.15) is 0 Å². The van der Waals surface area contributed by atoms with Crippen molar-refractivity contribution in [1.29, 1.82) is 5.41 Å². The predicted octanol–water partition coefficient (Wildman–Crippen LogP) is 2.53. The molecule has 0 fully saturated rings. The second kappa shape index (κ2) is 4.76. The molecule has 96 valence electrons. The number of nitrogen functional groups attached to an aromatic ring is 1. The third-order valence-electron chi connectivity index (χ3n) is 3.67. The van der Waals surface area contributed by atoms with E-state index in [2.05, 4.69) is 29.2 Å². The third-order valence-corrected chi connectivity index (χ3v) is 3.67. The number of nitrogens with one attached hydrogen (secondary N) is 1. The molecule has 0 unspecified atom stereocenters. The number of amidine groups is 1. The van der Waals surface area contributed by atoms with E-state index in [1.54, 1.807) is 0 Å². The smallest absolute Gasteiger partial charge is 0.124 e. The number of para-hydroxylation sites is 1. The van der Waals surface area contributed by atoms with Crippen LogP contribution in [0.5, 0.6) is 0 Å². The lowest BCUT2D eigenvalue weighted by molar-refractivity contribution is 0.731. The normalized spacial score (nSPS) is 14.0. The van der Waals surface area contributed by atoms with Crippen molar-refractivity contribution >= 4 is 11.5 Å². The average molecular weight is 251 g/mol. The van der Waals surface area contributed by atoms with Crippen molar-refractivity contribution in [2.75, 3.05) is 11.4 Å². The van der Waals surface area contributed by atoms with Gasteiger partial charge in [0.1, 0.15) is 5.84 Å². The van der Waals surface area contributed by atoms with Gasteiger partial charge in [0.2, 0.25) is 0 Å². The highest BCUT2D eigenvalue weighted by Gasteiger charge is 2.18. The standard InChI is InChI=1S/C16H17N3/c17-16(18)14-7-3-4-8-15(14)19-10-9-12-5-1-2-6-13(12)11-19/h1-8H,9-11H2,(H3,17,18). The molecule has 1 aliphatic rings. The molecule has 0 bridgehead atoms. The molecule has 3 nitrogen and oxygen atoms in total. The molecular formula is C16H17N3. The highest BCUT2D eigenvalue weighted by molar-refractivity contribution is 6.00. The van der Waals surface area contributed by atoms with Crippen LogP contribution in [0.4, 0.5) is 5.69 Å². The Morgan fingerprint density at radius 2 is 1.68 bits per heavy atom. The molecule has 0 saturated carbocycles. The lowest BCUT2D eigenvalue weighted by Gasteiger charge is -2.32. The van der Waals surface area contributed by atoms with Crippen molar-refractivity contribution in [1.82, 2.24) is 0 Å². The fraction of sp³-hybridized carbons (Fsp3) is 0.188. The van der Waals surface area contributed by atoms with E-state index in [0.29, 0.717) is 0 Å². The second-order valence-corrected chi connectivity index (χ2v) is 4.87. The number of hydrogen-bond donors (Lipinski definition) is 2. The first-order valence-electron chi connectivity index (χ1n) is 6.51. The van der Waals surface area contributed by atoms with E-state index in [-0.39, 0.29) is 5.84 Å². The quantitative estimate of drug-likeness (QED) is 0.636. The first-order valence-corrected chi connectivity index (χ1v) is 6.51. The van der Waals surface area contributed by atoms with Crippen LogP contribution in [0.15, 0.2) is 48.5 Å². The van der Waals surface area contributed by atoms with Gasteiger partial charge >= 0.3 is 0 Å². The molecule has 2 aromatic carbocycles. The largest absolute Gasteiger partial charge is 0.384 e. The van der Waals surface area contributed by atoms with Crippen LogP contribution in [0.25, 0.3) is 0 Å². The van der Waals surface area contributed by atoms with Crippen LogP contribution < -0.4 is 10.6 Å².